The van der Waals surface area contributed by atoms with Crippen LogP contribution in [-0.2, 0) is 6.54 Å². The smallest absolute Gasteiger partial charge is 0.326 e. The highest BCUT2D eigenvalue weighted by molar-refractivity contribution is 5.98. The lowest BCUT2D eigenvalue weighted by Crippen LogP contribution is -2.26. The molecule has 0 radical (unpaired) electrons. The number of rotatable bonds is 5. The molecule has 0 unspecified atom stereocenters. The van der Waals surface area contributed by atoms with Crippen LogP contribution in [0.15, 0.2) is 23.3 Å². The van der Waals surface area contributed by atoms with E-state index >= 15 is 0 Å². The van der Waals surface area contributed by atoms with Crippen molar-refractivity contribution in [3.05, 3.63) is 28.9 Å². The predicted octanol–water partition coefficient (Wildman–Crippen LogP) is 1.80. The van der Waals surface area contributed by atoms with Crippen LogP contribution in [0.2, 0.25) is 0 Å². The molecule has 1 aromatic carbocycles. The maximum Gasteiger partial charge on any atom is 0.326 e. The number of nitrogens with zero attached hydrogens (tertiary/aromatic N) is 4. The van der Waals surface area contributed by atoms with E-state index in [1.54, 1.807) is 10.9 Å². The first kappa shape index (κ1) is 15.1. The number of anilines is 1. The molecule has 1 fully saturated rings. The van der Waals surface area contributed by atoms with Crippen LogP contribution in [-0.4, -0.2) is 50.6 Å². The third-order valence-electron chi connectivity index (χ3n) is 4.77. The van der Waals surface area contributed by atoms with Gasteiger partial charge in [-0.25, -0.2) is 14.8 Å². The van der Waals surface area contributed by atoms with E-state index in [1.165, 1.54) is 25.9 Å². The quantitative estimate of drug-likeness (QED) is 0.747. The molecular weight excluding hydrogens is 304 g/mol. The summed E-state index contributed by atoms with van der Waals surface area (Å²) in [5, 5.41) is 4.36. The van der Waals surface area contributed by atoms with Gasteiger partial charge in [-0.15, -0.1) is 0 Å². The van der Waals surface area contributed by atoms with Gasteiger partial charge in [0, 0.05) is 25.0 Å². The summed E-state index contributed by atoms with van der Waals surface area (Å²) in [5.41, 5.74) is 2.48. The van der Waals surface area contributed by atoms with Crippen LogP contribution < -0.4 is 11.0 Å². The molecule has 2 aromatic heterocycles. The van der Waals surface area contributed by atoms with E-state index in [4.69, 9.17) is 0 Å². The Morgan fingerprint density at radius 3 is 2.88 bits per heavy atom. The molecule has 0 amide bonds. The molecule has 2 N–H and O–H groups in total. The number of nitrogens with one attached hydrogen (secondary N) is 2. The fraction of sp³-hybridized carbons (Fsp3) is 0.471. The van der Waals surface area contributed by atoms with Crippen molar-refractivity contribution in [1.82, 2.24) is 24.4 Å². The summed E-state index contributed by atoms with van der Waals surface area (Å²) in [6, 6.07) is 3.93. The number of H-pyrrole nitrogens is 1. The Morgan fingerprint density at radius 2 is 2.08 bits per heavy atom. The van der Waals surface area contributed by atoms with E-state index in [0.717, 1.165) is 40.8 Å². The number of fused-ring (bicyclic) bond motifs is 2. The molecule has 24 heavy (non-hydrogen) atoms. The van der Waals surface area contributed by atoms with Crippen LogP contribution in [0.3, 0.4) is 0 Å². The van der Waals surface area contributed by atoms with Crippen LogP contribution in [0.4, 0.5) is 5.82 Å². The normalized spacial score (nSPS) is 15.5. The Hall–Kier alpha value is -2.41. The minimum absolute atomic E-state index is 0.0840. The SMILES string of the molecule is CCn1c(=O)[nH]c2cc3c(NCCN4CCCC4)ncnc3cc21. The zero-order valence-corrected chi connectivity index (χ0v) is 13.9. The zero-order valence-electron chi connectivity index (χ0n) is 13.9. The van der Waals surface area contributed by atoms with Gasteiger partial charge in [-0.1, -0.05) is 0 Å². The second-order valence-electron chi connectivity index (χ2n) is 6.26. The summed E-state index contributed by atoms with van der Waals surface area (Å²) in [7, 11) is 0. The molecule has 3 aromatic rings. The Kier molecular flexibility index (Phi) is 3.93. The van der Waals surface area contributed by atoms with E-state index in [9.17, 15) is 4.79 Å². The second kappa shape index (κ2) is 6.24. The van der Waals surface area contributed by atoms with Gasteiger partial charge in [0.2, 0.25) is 0 Å². The van der Waals surface area contributed by atoms with E-state index in [2.05, 4.69) is 25.2 Å². The number of aromatic amines is 1. The molecule has 4 rings (SSSR count). The van der Waals surface area contributed by atoms with Crippen LogP contribution in [0.1, 0.15) is 19.8 Å². The lowest BCUT2D eigenvalue weighted by atomic mass is 10.2. The summed E-state index contributed by atoms with van der Waals surface area (Å²) in [6.07, 6.45) is 4.18. The Morgan fingerprint density at radius 1 is 1.25 bits per heavy atom. The number of imidazole rings is 1. The number of hydrogen-bond acceptors (Lipinski definition) is 5. The number of aromatic nitrogens is 4. The third-order valence-corrected chi connectivity index (χ3v) is 4.77. The standard InChI is InChI=1S/C17H22N6O/c1-2-23-15-10-13-12(9-14(15)21-17(23)24)16(20-11-19-13)18-5-8-22-6-3-4-7-22/h9-11H,2-8H2,1H3,(H,21,24)(H,18,19,20). The van der Waals surface area contributed by atoms with Crippen molar-refractivity contribution < 1.29 is 0 Å². The summed E-state index contributed by atoms with van der Waals surface area (Å²) < 4.78 is 1.72. The highest BCUT2D eigenvalue weighted by Crippen LogP contribution is 2.24. The van der Waals surface area contributed by atoms with Gasteiger partial charge in [-0.3, -0.25) is 4.57 Å². The Bertz CT molecular complexity index is 922. The largest absolute Gasteiger partial charge is 0.368 e. The molecular formula is C17H22N6O. The second-order valence-corrected chi connectivity index (χ2v) is 6.26. The summed E-state index contributed by atoms with van der Waals surface area (Å²) in [5.74, 6) is 0.825. The molecule has 1 aliphatic heterocycles. The fourth-order valence-corrected chi connectivity index (χ4v) is 3.50. The van der Waals surface area contributed by atoms with E-state index in [-0.39, 0.29) is 5.69 Å². The van der Waals surface area contributed by atoms with Gasteiger partial charge in [-0.2, -0.15) is 0 Å². The van der Waals surface area contributed by atoms with Gasteiger partial charge in [0.15, 0.2) is 0 Å². The Balaban J connectivity index is 1.65. The molecule has 1 saturated heterocycles. The summed E-state index contributed by atoms with van der Waals surface area (Å²) >= 11 is 0. The Labute approximate surface area is 139 Å². The van der Waals surface area contributed by atoms with Crippen LogP contribution >= 0.6 is 0 Å². The third kappa shape index (κ3) is 2.65. The molecule has 1 aliphatic rings. The van der Waals surface area contributed by atoms with Crippen molar-refractivity contribution in [3.8, 4) is 0 Å². The topological polar surface area (TPSA) is 78.8 Å². The fourth-order valence-electron chi connectivity index (χ4n) is 3.50. The van der Waals surface area contributed by atoms with Crippen molar-refractivity contribution in [1.29, 1.82) is 0 Å². The lowest BCUT2D eigenvalue weighted by molar-refractivity contribution is 0.352. The molecule has 7 nitrogen and oxygen atoms in total. The molecule has 0 atom stereocenters. The number of benzene rings is 1. The van der Waals surface area contributed by atoms with Gasteiger partial charge in [0.1, 0.15) is 12.1 Å². The molecule has 0 bridgehead atoms. The first-order chi connectivity index (χ1) is 11.8. The zero-order chi connectivity index (χ0) is 16.5. The minimum Gasteiger partial charge on any atom is -0.368 e. The van der Waals surface area contributed by atoms with Crippen molar-refractivity contribution >= 4 is 27.8 Å². The molecule has 126 valence electrons. The minimum atomic E-state index is -0.0840. The molecule has 7 heteroatoms. The van der Waals surface area contributed by atoms with Crippen molar-refractivity contribution in [2.24, 2.45) is 0 Å². The van der Waals surface area contributed by atoms with E-state index < -0.39 is 0 Å². The highest BCUT2D eigenvalue weighted by atomic mass is 16.1. The first-order valence-corrected chi connectivity index (χ1v) is 8.60. The van der Waals surface area contributed by atoms with Gasteiger partial charge in [-0.05, 0) is 45.0 Å². The molecule has 0 aliphatic carbocycles. The lowest BCUT2D eigenvalue weighted by Gasteiger charge is -2.15. The predicted molar refractivity (Wildman–Crippen MR) is 95.5 cm³/mol. The number of likely N-dealkylation sites (tertiary alicyclic amines) is 1. The van der Waals surface area contributed by atoms with Crippen molar-refractivity contribution in [2.45, 2.75) is 26.3 Å². The molecule has 0 spiro atoms. The monoisotopic (exact) mass is 326 g/mol. The molecule has 0 saturated carbocycles. The van der Waals surface area contributed by atoms with Gasteiger partial charge >= 0.3 is 5.69 Å². The average molecular weight is 326 g/mol. The average Bonchev–Trinajstić information content (AvgIpc) is 3.19. The van der Waals surface area contributed by atoms with Gasteiger partial charge < -0.3 is 15.2 Å². The number of aryl methyl sites for hydroxylation is 1. The maximum absolute atomic E-state index is 12.0. The van der Waals surface area contributed by atoms with Crippen molar-refractivity contribution in [2.75, 3.05) is 31.5 Å². The summed E-state index contributed by atoms with van der Waals surface area (Å²) in [4.78, 5) is 26.1. The maximum atomic E-state index is 12.0. The highest BCUT2D eigenvalue weighted by Gasteiger charge is 2.12. The van der Waals surface area contributed by atoms with E-state index in [1.807, 2.05) is 19.1 Å². The van der Waals surface area contributed by atoms with E-state index in [0.29, 0.717) is 6.54 Å². The first-order valence-electron chi connectivity index (χ1n) is 8.60. The number of hydrogen-bond donors (Lipinski definition) is 2. The van der Waals surface area contributed by atoms with Crippen LogP contribution in [0.25, 0.3) is 21.9 Å². The summed E-state index contributed by atoms with van der Waals surface area (Å²) in [6.45, 7) is 6.87. The molecule has 3 heterocycles. The van der Waals surface area contributed by atoms with Crippen LogP contribution in [0, 0.1) is 0 Å². The van der Waals surface area contributed by atoms with Gasteiger partial charge in [0.05, 0.1) is 16.6 Å². The van der Waals surface area contributed by atoms with Crippen LogP contribution in [0.5, 0.6) is 0 Å². The van der Waals surface area contributed by atoms with Gasteiger partial charge in [0.25, 0.3) is 0 Å². The van der Waals surface area contributed by atoms with Crippen molar-refractivity contribution in [3.63, 3.8) is 0 Å².